The Balaban J connectivity index is 1.49. The smallest absolute Gasteiger partial charge is 0.254 e. The molecule has 2 aromatic rings. The lowest BCUT2D eigenvalue weighted by atomic mass is 9.98. The third-order valence-electron chi connectivity index (χ3n) is 5.10. The first kappa shape index (κ1) is 15.6. The maximum atomic E-state index is 13.0. The molecule has 2 aliphatic heterocycles. The molecule has 1 aromatic carbocycles. The molecule has 2 aliphatic rings. The molecule has 1 aromatic heterocycles. The first-order valence-electron chi connectivity index (χ1n) is 8.64. The second-order valence-electron chi connectivity index (χ2n) is 6.69. The minimum absolute atomic E-state index is 0.0319. The van der Waals surface area contributed by atoms with Gasteiger partial charge in [-0.25, -0.2) is 0 Å². The maximum Gasteiger partial charge on any atom is 0.254 e. The Hall–Kier alpha value is -2.87. The quantitative estimate of drug-likeness (QED) is 0.865. The molecule has 2 atom stereocenters. The Morgan fingerprint density at radius 2 is 2.00 bits per heavy atom. The van der Waals surface area contributed by atoms with Gasteiger partial charge in [0.2, 0.25) is 0 Å². The molecule has 2 saturated heterocycles. The van der Waals surface area contributed by atoms with Crippen molar-refractivity contribution in [3.05, 3.63) is 59.9 Å². The fourth-order valence-electron chi connectivity index (χ4n) is 4.04. The molecule has 2 fully saturated rings. The number of nitrogens with zero attached hydrogens (tertiary/aromatic N) is 3. The second-order valence-corrected chi connectivity index (χ2v) is 6.69. The summed E-state index contributed by atoms with van der Waals surface area (Å²) in [5.74, 6) is 0.817. The number of hydrogen-bond acceptors (Lipinski definition) is 4. The Kier molecular flexibility index (Phi) is 4.10. The number of rotatable bonds is 3. The summed E-state index contributed by atoms with van der Waals surface area (Å²) in [7, 11) is 0. The Morgan fingerprint density at radius 3 is 2.68 bits per heavy atom. The topological polar surface area (TPSA) is 66.2 Å². The average molecular weight is 333 g/mol. The summed E-state index contributed by atoms with van der Waals surface area (Å²) >= 11 is 0. The van der Waals surface area contributed by atoms with Crippen molar-refractivity contribution < 1.29 is 9.53 Å². The fourth-order valence-corrected chi connectivity index (χ4v) is 4.04. The van der Waals surface area contributed by atoms with Gasteiger partial charge in [-0.15, -0.1) is 0 Å². The highest BCUT2D eigenvalue weighted by Crippen LogP contribution is 2.38. The van der Waals surface area contributed by atoms with E-state index in [1.165, 1.54) is 0 Å². The molecule has 0 saturated carbocycles. The summed E-state index contributed by atoms with van der Waals surface area (Å²) in [6, 6.07) is 13.3. The molecule has 126 valence electrons. The summed E-state index contributed by atoms with van der Waals surface area (Å²) in [6.45, 7) is 0. The fraction of sp³-hybridized carbons (Fsp3) is 0.350. The number of piperidine rings is 1. The second kappa shape index (κ2) is 6.56. The van der Waals surface area contributed by atoms with Crippen LogP contribution in [-0.2, 0) is 0 Å². The van der Waals surface area contributed by atoms with Gasteiger partial charge in [0.1, 0.15) is 11.9 Å². The average Bonchev–Trinajstić information content (AvgIpc) is 2.92. The summed E-state index contributed by atoms with van der Waals surface area (Å²) < 4.78 is 6.06. The molecule has 25 heavy (non-hydrogen) atoms. The van der Waals surface area contributed by atoms with Crippen LogP contribution in [0.25, 0.3) is 0 Å². The molecule has 3 heterocycles. The molecule has 2 unspecified atom stereocenters. The van der Waals surface area contributed by atoms with E-state index in [9.17, 15) is 4.79 Å². The summed E-state index contributed by atoms with van der Waals surface area (Å²) in [5, 5.41) is 9.05. The van der Waals surface area contributed by atoms with Crippen LogP contribution in [0.3, 0.4) is 0 Å². The van der Waals surface area contributed by atoms with E-state index in [0.29, 0.717) is 11.1 Å². The van der Waals surface area contributed by atoms with Gasteiger partial charge < -0.3 is 9.64 Å². The van der Waals surface area contributed by atoms with Crippen LogP contribution in [0, 0.1) is 11.3 Å². The van der Waals surface area contributed by atoms with E-state index < -0.39 is 0 Å². The third-order valence-corrected chi connectivity index (χ3v) is 5.10. The van der Waals surface area contributed by atoms with E-state index in [1.807, 2.05) is 17.0 Å². The van der Waals surface area contributed by atoms with Crippen LogP contribution >= 0.6 is 0 Å². The van der Waals surface area contributed by atoms with Crippen molar-refractivity contribution in [1.82, 2.24) is 9.88 Å². The van der Waals surface area contributed by atoms with Crippen molar-refractivity contribution in [2.24, 2.45) is 0 Å². The lowest BCUT2D eigenvalue weighted by molar-refractivity contribution is 0.0358. The van der Waals surface area contributed by atoms with Crippen molar-refractivity contribution in [1.29, 1.82) is 5.26 Å². The van der Waals surface area contributed by atoms with Crippen LogP contribution in [0.5, 0.6) is 5.75 Å². The number of nitriles is 1. The minimum Gasteiger partial charge on any atom is -0.489 e. The van der Waals surface area contributed by atoms with Crippen molar-refractivity contribution in [2.75, 3.05) is 0 Å². The van der Waals surface area contributed by atoms with Crippen molar-refractivity contribution in [3.8, 4) is 11.8 Å². The highest BCUT2D eigenvalue weighted by Gasteiger charge is 2.44. The van der Waals surface area contributed by atoms with Crippen LogP contribution in [-0.4, -0.2) is 34.0 Å². The Morgan fingerprint density at radius 1 is 1.20 bits per heavy atom. The molecule has 5 nitrogen and oxygen atoms in total. The number of hydrogen-bond donors (Lipinski definition) is 0. The van der Waals surface area contributed by atoms with Crippen molar-refractivity contribution in [3.63, 3.8) is 0 Å². The number of carbonyl (C=O) groups excluding carboxylic acids is 1. The number of fused-ring (bicyclic) bond motifs is 2. The maximum absolute atomic E-state index is 13.0. The van der Waals surface area contributed by atoms with Crippen LogP contribution in [0.15, 0.2) is 48.8 Å². The monoisotopic (exact) mass is 333 g/mol. The lowest BCUT2D eigenvalue weighted by Gasteiger charge is -2.39. The molecule has 4 rings (SSSR count). The number of ether oxygens (including phenoxy) is 1. The van der Waals surface area contributed by atoms with Crippen LogP contribution in [0.4, 0.5) is 0 Å². The molecular formula is C20H19N3O2. The van der Waals surface area contributed by atoms with Crippen molar-refractivity contribution >= 4 is 5.91 Å². The van der Waals surface area contributed by atoms with Gasteiger partial charge in [-0.3, -0.25) is 9.78 Å². The Bertz CT molecular complexity index is 801. The molecule has 5 heteroatoms. The van der Waals surface area contributed by atoms with Gasteiger partial charge in [-0.05, 0) is 43.2 Å². The van der Waals surface area contributed by atoms with Crippen molar-refractivity contribution in [2.45, 2.75) is 43.9 Å². The predicted octanol–water partition coefficient (Wildman–Crippen LogP) is 3.17. The third kappa shape index (κ3) is 3.08. The van der Waals surface area contributed by atoms with Crippen LogP contribution in [0.2, 0.25) is 0 Å². The lowest BCUT2D eigenvalue weighted by Crippen LogP contribution is -2.49. The zero-order valence-electron chi connectivity index (χ0n) is 13.8. The van der Waals surface area contributed by atoms with E-state index >= 15 is 0 Å². The Labute approximate surface area is 146 Å². The molecule has 1 amide bonds. The predicted molar refractivity (Wildman–Crippen MR) is 92.0 cm³/mol. The van der Waals surface area contributed by atoms with E-state index in [0.717, 1.165) is 31.4 Å². The first-order valence-corrected chi connectivity index (χ1v) is 8.64. The van der Waals surface area contributed by atoms with Crippen LogP contribution in [0.1, 0.15) is 41.6 Å². The van der Waals surface area contributed by atoms with E-state index in [1.54, 1.807) is 36.7 Å². The van der Waals surface area contributed by atoms with Gasteiger partial charge in [-0.1, -0.05) is 6.07 Å². The molecule has 0 N–H and O–H groups in total. The number of carbonyl (C=O) groups is 1. The normalized spacial score (nSPS) is 24.6. The summed E-state index contributed by atoms with van der Waals surface area (Å²) in [5.41, 5.74) is 1.12. The largest absolute Gasteiger partial charge is 0.489 e. The van der Waals surface area contributed by atoms with E-state index in [2.05, 4.69) is 11.1 Å². The SMILES string of the molecule is N#Cc1cccc(C(=O)N2C3CCC2CC(Oc2cccnc2)C3)c1. The van der Waals surface area contributed by atoms with Gasteiger partial charge in [0.15, 0.2) is 0 Å². The number of benzene rings is 1. The highest BCUT2D eigenvalue weighted by atomic mass is 16.5. The number of aromatic nitrogens is 1. The zero-order valence-corrected chi connectivity index (χ0v) is 13.8. The number of amides is 1. The van der Waals surface area contributed by atoms with Gasteiger partial charge in [0.05, 0.1) is 17.8 Å². The molecule has 0 aliphatic carbocycles. The summed E-state index contributed by atoms with van der Waals surface area (Å²) in [6.07, 6.45) is 7.29. The molecule has 0 radical (unpaired) electrons. The van der Waals surface area contributed by atoms with Gasteiger partial charge in [0, 0.05) is 36.7 Å². The van der Waals surface area contributed by atoms with E-state index in [-0.39, 0.29) is 24.1 Å². The highest BCUT2D eigenvalue weighted by molar-refractivity contribution is 5.95. The summed E-state index contributed by atoms with van der Waals surface area (Å²) in [4.78, 5) is 19.1. The van der Waals surface area contributed by atoms with E-state index in [4.69, 9.17) is 10.00 Å². The van der Waals surface area contributed by atoms with Gasteiger partial charge >= 0.3 is 0 Å². The molecular weight excluding hydrogens is 314 g/mol. The molecule has 0 spiro atoms. The van der Waals surface area contributed by atoms with Gasteiger partial charge in [-0.2, -0.15) is 5.26 Å². The van der Waals surface area contributed by atoms with Crippen LogP contribution < -0.4 is 4.74 Å². The minimum atomic E-state index is 0.0319. The standard InChI is InChI=1S/C20H19N3O2/c21-12-14-3-1-4-15(9-14)20(24)23-16-6-7-17(23)11-19(10-16)25-18-5-2-8-22-13-18/h1-5,8-9,13,16-17,19H,6-7,10-11H2. The van der Waals surface area contributed by atoms with Gasteiger partial charge in [0.25, 0.3) is 5.91 Å². The first-order chi connectivity index (χ1) is 12.2. The molecule has 2 bridgehead atoms. The zero-order chi connectivity index (χ0) is 17.2. The number of pyridine rings is 1.